The van der Waals surface area contributed by atoms with Gasteiger partial charge in [0.15, 0.2) is 0 Å². The van der Waals surface area contributed by atoms with Gasteiger partial charge in [0.05, 0.1) is 0 Å². The number of hydrogen-bond acceptors (Lipinski definition) is 2. The van der Waals surface area contributed by atoms with E-state index in [2.05, 4.69) is 5.32 Å². The molecule has 5 heteroatoms. The van der Waals surface area contributed by atoms with Gasteiger partial charge < -0.3 is 10.2 Å². The number of carbonyl (C=O) groups is 2. The highest BCUT2D eigenvalue weighted by Crippen LogP contribution is 2.09. The van der Waals surface area contributed by atoms with E-state index in [1.54, 1.807) is 17.0 Å². The van der Waals surface area contributed by atoms with Crippen molar-refractivity contribution in [1.29, 1.82) is 0 Å². The molecule has 114 valence electrons. The second-order valence-corrected chi connectivity index (χ2v) is 5.34. The quantitative estimate of drug-likeness (QED) is 0.865. The first-order valence-corrected chi connectivity index (χ1v) is 7.48. The number of carbonyl (C=O) groups excluding carboxylic acids is 2. The molecule has 0 aliphatic carbocycles. The molecule has 1 heterocycles. The lowest BCUT2D eigenvalue weighted by Gasteiger charge is -2.19. The van der Waals surface area contributed by atoms with Gasteiger partial charge in [-0.3, -0.25) is 9.59 Å². The van der Waals surface area contributed by atoms with Crippen LogP contribution >= 0.6 is 0 Å². The third-order valence-corrected chi connectivity index (χ3v) is 3.70. The summed E-state index contributed by atoms with van der Waals surface area (Å²) >= 11 is 0. The van der Waals surface area contributed by atoms with E-state index in [0.29, 0.717) is 26.1 Å². The lowest BCUT2D eigenvalue weighted by atomic mass is 10.1. The molecule has 1 saturated heterocycles. The van der Waals surface area contributed by atoms with Crippen molar-refractivity contribution in [2.24, 2.45) is 0 Å². The summed E-state index contributed by atoms with van der Waals surface area (Å²) in [5, 5.41) is 2.64. The molecule has 1 N–H and O–H groups in total. The van der Waals surface area contributed by atoms with Gasteiger partial charge in [0.25, 0.3) is 0 Å². The van der Waals surface area contributed by atoms with Crippen LogP contribution in [0.25, 0.3) is 0 Å². The number of hydrogen-bond donors (Lipinski definition) is 1. The number of nitrogens with zero attached hydrogens (tertiary/aromatic N) is 1. The summed E-state index contributed by atoms with van der Waals surface area (Å²) in [5.41, 5.74) is 0.930. The lowest BCUT2D eigenvalue weighted by Crippen LogP contribution is -2.43. The van der Waals surface area contributed by atoms with E-state index in [1.807, 2.05) is 0 Å². The molecule has 21 heavy (non-hydrogen) atoms. The Morgan fingerprint density at radius 1 is 1.05 bits per heavy atom. The molecule has 1 aliphatic rings. The molecule has 2 amide bonds. The molecule has 1 fully saturated rings. The van der Waals surface area contributed by atoms with Gasteiger partial charge in [0, 0.05) is 19.6 Å². The van der Waals surface area contributed by atoms with Crippen molar-refractivity contribution in [2.45, 2.75) is 32.1 Å². The van der Waals surface area contributed by atoms with Gasteiger partial charge in [0.1, 0.15) is 5.82 Å². The van der Waals surface area contributed by atoms with Gasteiger partial charge in [-0.1, -0.05) is 25.0 Å². The molecule has 1 aromatic carbocycles. The molecular formula is C16H21FN2O2. The first-order chi connectivity index (χ1) is 10.2. The van der Waals surface area contributed by atoms with E-state index >= 15 is 0 Å². The molecule has 0 atom stereocenters. The highest BCUT2D eigenvalue weighted by atomic mass is 19.1. The third kappa shape index (κ3) is 4.85. The zero-order chi connectivity index (χ0) is 15.1. The predicted octanol–water partition coefficient (Wildman–Crippen LogP) is 1.89. The maximum atomic E-state index is 12.8. The summed E-state index contributed by atoms with van der Waals surface area (Å²) in [7, 11) is 0. The zero-order valence-corrected chi connectivity index (χ0v) is 12.1. The van der Waals surface area contributed by atoms with Gasteiger partial charge in [-0.05, 0) is 37.0 Å². The minimum atomic E-state index is -0.543. The van der Waals surface area contributed by atoms with Crippen LogP contribution in [-0.4, -0.2) is 36.3 Å². The van der Waals surface area contributed by atoms with Crippen LogP contribution in [0.2, 0.25) is 0 Å². The van der Waals surface area contributed by atoms with Gasteiger partial charge >= 0.3 is 11.8 Å². The van der Waals surface area contributed by atoms with E-state index in [9.17, 15) is 14.0 Å². The molecule has 0 aromatic heterocycles. The summed E-state index contributed by atoms with van der Waals surface area (Å²) in [6.45, 7) is 1.72. The Hall–Kier alpha value is -1.91. The number of benzene rings is 1. The number of rotatable bonds is 3. The summed E-state index contributed by atoms with van der Waals surface area (Å²) in [6.07, 6.45) is 4.76. The van der Waals surface area contributed by atoms with E-state index in [-0.39, 0.29) is 5.82 Å². The van der Waals surface area contributed by atoms with Crippen LogP contribution in [0.4, 0.5) is 4.39 Å². The Morgan fingerprint density at radius 3 is 2.29 bits per heavy atom. The van der Waals surface area contributed by atoms with Crippen LogP contribution in [0.15, 0.2) is 24.3 Å². The van der Waals surface area contributed by atoms with Crippen molar-refractivity contribution >= 4 is 11.8 Å². The Kier molecular flexibility index (Phi) is 5.72. The van der Waals surface area contributed by atoms with E-state index in [4.69, 9.17) is 0 Å². The number of nitrogens with one attached hydrogen (secondary N) is 1. The van der Waals surface area contributed by atoms with Gasteiger partial charge in [-0.15, -0.1) is 0 Å². The van der Waals surface area contributed by atoms with Crippen molar-refractivity contribution in [3.05, 3.63) is 35.6 Å². The first-order valence-electron chi connectivity index (χ1n) is 7.48. The Morgan fingerprint density at radius 2 is 1.67 bits per heavy atom. The predicted molar refractivity (Wildman–Crippen MR) is 78.2 cm³/mol. The van der Waals surface area contributed by atoms with Crippen LogP contribution in [-0.2, 0) is 16.0 Å². The molecule has 4 nitrogen and oxygen atoms in total. The maximum Gasteiger partial charge on any atom is 0.311 e. The standard InChI is InChI=1S/C16H21FN2O2/c17-14-7-5-13(6-8-14)9-10-18-15(20)16(21)19-11-3-1-2-4-12-19/h5-8H,1-4,9-12H2,(H,18,20). The highest BCUT2D eigenvalue weighted by Gasteiger charge is 2.21. The second kappa shape index (κ2) is 7.76. The van der Waals surface area contributed by atoms with E-state index in [0.717, 1.165) is 31.2 Å². The van der Waals surface area contributed by atoms with Gasteiger partial charge in [-0.25, -0.2) is 4.39 Å². The summed E-state index contributed by atoms with van der Waals surface area (Å²) in [6, 6.07) is 6.13. The van der Waals surface area contributed by atoms with Crippen molar-refractivity contribution in [1.82, 2.24) is 10.2 Å². The van der Waals surface area contributed by atoms with E-state index in [1.165, 1.54) is 12.1 Å². The molecule has 1 aromatic rings. The molecule has 0 saturated carbocycles. The van der Waals surface area contributed by atoms with Crippen molar-refractivity contribution < 1.29 is 14.0 Å². The molecule has 0 bridgehead atoms. The largest absolute Gasteiger partial charge is 0.347 e. The van der Waals surface area contributed by atoms with Gasteiger partial charge in [-0.2, -0.15) is 0 Å². The van der Waals surface area contributed by atoms with Crippen LogP contribution < -0.4 is 5.32 Å². The van der Waals surface area contributed by atoms with Crippen LogP contribution in [0.1, 0.15) is 31.2 Å². The summed E-state index contributed by atoms with van der Waals surface area (Å²) in [5.74, 6) is -1.26. The Labute approximate surface area is 124 Å². The fraction of sp³-hybridized carbons (Fsp3) is 0.500. The van der Waals surface area contributed by atoms with Crippen LogP contribution in [0, 0.1) is 5.82 Å². The fourth-order valence-electron chi connectivity index (χ4n) is 2.46. The molecular weight excluding hydrogens is 271 g/mol. The minimum absolute atomic E-state index is 0.279. The Balaban J connectivity index is 1.75. The molecule has 2 rings (SSSR count). The minimum Gasteiger partial charge on any atom is -0.347 e. The second-order valence-electron chi connectivity index (χ2n) is 5.34. The number of likely N-dealkylation sites (tertiary alicyclic amines) is 1. The normalized spacial score (nSPS) is 15.4. The van der Waals surface area contributed by atoms with Gasteiger partial charge in [0.2, 0.25) is 0 Å². The smallest absolute Gasteiger partial charge is 0.311 e. The average Bonchev–Trinajstić information content (AvgIpc) is 2.77. The van der Waals surface area contributed by atoms with Crippen molar-refractivity contribution in [3.8, 4) is 0 Å². The molecule has 0 radical (unpaired) electrons. The van der Waals surface area contributed by atoms with E-state index < -0.39 is 11.8 Å². The topological polar surface area (TPSA) is 49.4 Å². The lowest BCUT2D eigenvalue weighted by molar-refractivity contribution is -0.145. The molecule has 0 unspecified atom stereocenters. The SMILES string of the molecule is O=C(NCCc1ccc(F)cc1)C(=O)N1CCCCCC1. The zero-order valence-electron chi connectivity index (χ0n) is 12.1. The fourth-order valence-corrected chi connectivity index (χ4v) is 2.46. The maximum absolute atomic E-state index is 12.8. The number of halogens is 1. The van der Waals surface area contributed by atoms with Crippen molar-refractivity contribution in [2.75, 3.05) is 19.6 Å². The molecule has 0 spiro atoms. The van der Waals surface area contributed by atoms with Crippen molar-refractivity contribution in [3.63, 3.8) is 0 Å². The monoisotopic (exact) mass is 292 g/mol. The van der Waals surface area contributed by atoms with Crippen LogP contribution in [0.3, 0.4) is 0 Å². The average molecular weight is 292 g/mol. The Bertz CT molecular complexity index is 480. The summed E-state index contributed by atoms with van der Waals surface area (Å²) in [4.78, 5) is 25.5. The highest BCUT2D eigenvalue weighted by molar-refractivity contribution is 6.35. The third-order valence-electron chi connectivity index (χ3n) is 3.70. The first kappa shape index (κ1) is 15.5. The summed E-state index contributed by atoms with van der Waals surface area (Å²) < 4.78 is 12.8. The molecule has 1 aliphatic heterocycles. The van der Waals surface area contributed by atoms with Crippen LogP contribution in [0.5, 0.6) is 0 Å². The number of amides is 2.